The van der Waals surface area contributed by atoms with Gasteiger partial charge in [-0.2, -0.15) is 0 Å². The van der Waals surface area contributed by atoms with Crippen molar-refractivity contribution in [2.75, 3.05) is 18.0 Å². The first kappa shape index (κ1) is 14.9. The zero-order chi connectivity index (χ0) is 16.7. The number of aryl methyl sites for hydroxylation is 2. The van der Waals surface area contributed by atoms with E-state index >= 15 is 0 Å². The molecule has 0 aliphatic carbocycles. The van der Waals surface area contributed by atoms with Gasteiger partial charge in [0.15, 0.2) is 0 Å². The number of anilines is 1. The number of para-hydroxylation sites is 1. The van der Waals surface area contributed by atoms with E-state index in [0.29, 0.717) is 0 Å². The third-order valence-corrected chi connectivity index (χ3v) is 4.52. The van der Waals surface area contributed by atoms with Crippen molar-refractivity contribution >= 4 is 16.7 Å². The standard InChI is InChI=1S/C20H19FN2O/c1-13-5-3-4-6-19(13)24-16-11-23(12-16)20-9-14(2)17-10-15(21)7-8-18(17)22-20/h3-10,16H,11-12H2,1-2H3. The molecule has 0 spiro atoms. The Bertz CT molecular complexity index is 903. The number of rotatable bonds is 3. The Morgan fingerprint density at radius 1 is 1.04 bits per heavy atom. The van der Waals surface area contributed by atoms with Gasteiger partial charge in [0.25, 0.3) is 0 Å². The first-order valence-corrected chi connectivity index (χ1v) is 8.14. The fourth-order valence-electron chi connectivity index (χ4n) is 3.08. The lowest BCUT2D eigenvalue weighted by Gasteiger charge is -2.40. The topological polar surface area (TPSA) is 25.4 Å². The Morgan fingerprint density at radius 2 is 1.83 bits per heavy atom. The molecule has 4 rings (SSSR count). The Kier molecular flexibility index (Phi) is 3.60. The third-order valence-electron chi connectivity index (χ3n) is 4.52. The second kappa shape index (κ2) is 5.78. The highest BCUT2D eigenvalue weighted by molar-refractivity contribution is 5.84. The number of hydrogen-bond donors (Lipinski definition) is 0. The maximum Gasteiger partial charge on any atom is 0.134 e. The minimum absolute atomic E-state index is 0.178. The van der Waals surface area contributed by atoms with Gasteiger partial charge >= 0.3 is 0 Å². The van der Waals surface area contributed by atoms with Crippen LogP contribution < -0.4 is 9.64 Å². The lowest BCUT2D eigenvalue weighted by Crippen LogP contribution is -2.54. The highest BCUT2D eigenvalue weighted by atomic mass is 19.1. The molecule has 3 nitrogen and oxygen atoms in total. The molecule has 24 heavy (non-hydrogen) atoms. The fraction of sp³-hybridized carbons (Fsp3) is 0.250. The maximum atomic E-state index is 13.4. The number of benzene rings is 2. The van der Waals surface area contributed by atoms with Crippen LogP contribution in [0.4, 0.5) is 10.2 Å². The lowest BCUT2D eigenvalue weighted by atomic mass is 10.1. The Labute approximate surface area is 140 Å². The van der Waals surface area contributed by atoms with Gasteiger partial charge in [0, 0.05) is 5.39 Å². The summed E-state index contributed by atoms with van der Waals surface area (Å²) in [6.45, 7) is 5.67. The number of halogens is 1. The number of nitrogens with zero attached hydrogens (tertiary/aromatic N) is 2. The van der Waals surface area contributed by atoms with Crippen LogP contribution in [0.15, 0.2) is 48.5 Å². The van der Waals surface area contributed by atoms with E-state index in [1.165, 1.54) is 6.07 Å². The van der Waals surface area contributed by atoms with E-state index in [0.717, 1.165) is 46.7 Å². The third kappa shape index (κ3) is 2.68. The smallest absolute Gasteiger partial charge is 0.134 e. The van der Waals surface area contributed by atoms with Gasteiger partial charge in [0.2, 0.25) is 0 Å². The normalized spacial score (nSPS) is 14.7. The lowest BCUT2D eigenvalue weighted by molar-refractivity contribution is 0.166. The van der Waals surface area contributed by atoms with E-state index < -0.39 is 0 Å². The van der Waals surface area contributed by atoms with Crippen molar-refractivity contribution in [2.45, 2.75) is 20.0 Å². The average molecular weight is 322 g/mol. The molecule has 0 amide bonds. The van der Waals surface area contributed by atoms with Crippen molar-refractivity contribution in [3.05, 3.63) is 65.5 Å². The van der Waals surface area contributed by atoms with Crippen LogP contribution in [0.5, 0.6) is 5.75 Å². The van der Waals surface area contributed by atoms with E-state index in [2.05, 4.69) is 22.9 Å². The summed E-state index contributed by atoms with van der Waals surface area (Å²) in [4.78, 5) is 6.86. The predicted molar refractivity (Wildman–Crippen MR) is 94.2 cm³/mol. The summed E-state index contributed by atoms with van der Waals surface area (Å²) in [7, 11) is 0. The minimum atomic E-state index is -0.226. The molecular formula is C20H19FN2O. The molecule has 0 saturated carbocycles. The molecule has 0 N–H and O–H groups in total. The molecule has 0 radical (unpaired) electrons. The van der Waals surface area contributed by atoms with Crippen LogP contribution in [0, 0.1) is 19.7 Å². The fourth-order valence-corrected chi connectivity index (χ4v) is 3.08. The SMILES string of the molecule is Cc1ccccc1OC1CN(c2cc(C)c3cc(F)ccc3n2)C1. The summed E-state index contributed by atoms with van der Waals surface area (Å²) in [5.74, 6) is 1.65. The Hall–Kier alpha value is -2.62. The molecule has 1 aliphatic heterocycles. The summed E-state index contributed by atoms with van der Waals surface area (Å²) in [6, 6.07) is 14.8. The zero-order valence-corrected chi connectivity index (χ0v) is 13.8. The highest BCUT2D eigenvalue weighted by Gasteiger charge is 2.30. The number of fused-ring (bicyclic) bond motifs is 1. The number of ether oxygens (including phenoxy) is 1. The molecule has 2 aromatic carbocycles. The monoisotopic (exact) mass is 322 g/mol. The van der Waals surface area contributed by atoms with Crippen LogP contribution in [-0.4, -0.2) is 24.2 Å². The first-order valence-electron chi connectivity index (χ1n) is 8.14. The molecule has 1 aliphatic rings. The summed E-state index contributed by atoms with van der Waals surface area (Å²) in [5.41, 5.74) is 3.02. The predicted octanol–water partition coefficient (Wildman–Crippen LogP) is 4.26. The average Bonchev–Trinajstić information content (AvgIpc) is 2.52. The molecular weight excluding hydrogens is 303 g/mol. The maximum absolute atomic E-state index is 13.4. The summed E-state index contributed by atoms with van der Waals surface area (Å²) in [5, 5.41) is 0.868. The summed E-state index contributed by atoms with van der Waals surface area (Å²) >= 11 is 0. The quantitative estimate of drug-likeness (QED) is 0.720. The number of pyridine rings is 1. The van der Waals surface area contributed by atoms with Gasteiger partial charge in [-0.25, -0.2) is 9.37 Å². The first-order chi connectivity index (χ1) is 11.6. The van der Waals surface area contributed by atoms with E-state index in [4.69, 9.17) is 4.74 Å². The van der Waals surface area contributed by atoms with E-state index in [1.807, 2.05) is 31.2 Å². The summed E-state index contributed by atoms with van der Waals surface area (Å²) < 4.78 is 19.4. The molecule has 0 unspecified atom stereocenters. The van der Waals surface area contributed by atoms with Crippen LogP contribution in [-0.2, 0) is 0 Å². The molecule has 1 saturated heterocycles. The van der Waals surface area contributed by atoms with Gasteiger partial charge in [-0.3, -0.25) is 0 Å². The van der Waals surface area contributed by atoms with Crippen LogP contribution in [0.2, 0.25) is 0 Å². The van der Waals surface area contributed by atoms with Crippen LogP contribution in [0.25, 0.3) is 10.9 Å². The number of aromatic nitrogens is 1. The zero-order valence-electron chi connectivity index (χ0n) is 13.8. The van der Waals surface area contributed by atoms with Crippen molar-refractivity contribution in [2.24, 2.45) is 0 Å². The van der Waals surface area contributed by atoms with Crippen molar-refractivity contribution in [3.63, 3.8) is 0 Å². The number of hydrogen-bond acceptors (Lipinski definition) is 3. The molecule has 1 aromatic heterocycles. The van der Waals surface area contributed by atoms with Gasteiger partial charge in [0.1, 0.15) is 23.5 Å². The molecule has 4 heteroatoms. The second-order valence-corrected chi connectivity index (χ2v) is 6.37. The molecule has 1 fully saturated rings. The van der Waals surface area contributed by atoms with Gasteiger partial charge in [-0.05, 0) is 55.3 Å². The Morgan fingerprint density at radius 3 is 2.62 bits per heavy atom. The highest BCUT2D eigenvalue weighted by Crippen LogP contribution is 2.28. The van der Waals surface area contributed by atoms with Gasteiger partial charge < -0.3 is 9.64 Å². The van der Waals surface area contributed by atoms with Crippen molar-refractivity contribution in [1.29, 1.82) is 0 Å². The Balaban J connectivity index is 1.50. The molecule has 122 valence electrons. The molecule has 0 bridgehead atoms. The van der Waals surface area contributed by atoms with Gasteiger partial charge in [0.05, 0.1) is 18.6 Å². The van der Waals surface area contributed by atoms with E-state index in [1.54, 1.807) is 12.1 Å². The van der Waals surface area contributed by atoms with Gasteiger partial charge in [-0.1, -0.05) is 18.2 Å². The van der Waals surface area contributed by atoms with Crippen molar-refractivity contribution in [1.82, 2.24) is 4.98 Å². The van der Waals surface area contributed by atoms with E-state index in [-0.39, 0.29) is 11.9 Å². The van der Waals surface area contributed by atoms with Crippen LogP contribution in [0.1, 0.15) is 11.1 Å². The second-order valence-electron chi connectivity index (χ2n) is 6.37. The van der Waals surface area contributed by atoms with Crippen LogP contribution >= 0.6 is 0 Å². The van der Waals surface area contributed by atoms with Crippen molar-refractivity contribution < 1.29 is 9.13 Å². The largest absolute Gasteiger partial charge is 0.486 e. The van der Waals surface area contributed by atoms with E-state index in [9.17, 15) is 4.39 Å². The molecule has 0 atom stereocenters. The van der Waals surface area contributed by atoms with Crippen LogP contribution in [0.3, 0.4) is 0 Å². The summed E-state index contributed by atoms with van der Waals surface area (Å²) in [6.07, 6.45) is 0.178. The minimum Gasteiger partial charge on any atom is -0.486 e. The molecule has 3 aromatic rings. The van der Waals surface area contributed by atoms with Crippen molar-refractivity contribution in [3.8, 4) is 5.75 Å². The molecule has 2 heterocycles. The van der Waals surface area contributed by atoms with Gasteiger partial charge in [-0.15, -0.1) is 0 Å².